The predicted molar refractivity (Wildman–Crippen MR) is 84.4 cm³/mol. The van der Waals surface area contributed by atoms with Crippen LogP contribution in [-0.2, 0) is 4.79 Å². The molecule has 2 N–H and O–H groups in total. The third-order valence-corrected chi connectivity index (χ3v) is 5.12. The first-order valence-electron chi connectivity index (χ1n) is 8.07. The number of aromatic nitrogens is 1. The second-order valence-corrected chi connectivity index (χ2v) is 6.71. The Morgan fingerprint density at radius 3 is 2.77 bits per heavy atom. The van der Waals surface area contributed by atoms with Crippen LogP contribution in [0.3, 0.4) is 0 Å². The fourth-order valence-electron chi connectivity index (χ4n) is 4.12. The second-order valence-electron chi connectivity index (χ2n) is 6.71. The molecule has 4 atom stereocenters. The summed E-state index contributed by atoms with van der Waals surface area (Å²) in [6.45, 7) is 3.53. The Kier molecular flexibility index (Phi) is 4.14. The summed E-state index contributed by atoms with van der Waals surface area (Å²) < 4.78 is 0. The molecule has 2 bridgehead atoms. The van der Waals surface area contributed by atoms with Crippen molar-refractivity contribution < 1.29 is 9.59 Å². The van der Waals surface area contributed by atoms with E-state index in [2.05, 4.69) is 22.5 Å². The van der Waals surface area contributed by atoms with Gasteiger partial charge < -0.3 is 10.6 Å². The van der Waals surface area contributed by atoms with Crippen molar-refractivity contribution in [3.8, 4) is 0 Å². The Hall–Kier alpha value is -1.91. The molecular formula is C17H23N3O2. The summed E-state index contributed by atoms with van der Waals surface area (Å²) in [5, 5.41) is 5.72. The first kappa shape index (κ1) is 15.0. The maximum Gasteiger partial charge on any atom is 0.251 e. The Morgan fingerprint density at radius 1 is 1.32 bits per heavy atom. The molecule has 118 valence electrons. The highest BCUT2D eigenvalue weighted by atomic mass is 16.2. The van der Waals surface area contributed by atoms with Crippen LogP contribution in [0, 0.1) is 17.8 Å². The number of anilines is 1. The molecule has 5 nitrogen and oxygen atoms in total. The average Bonchev–Trinajstić information content (AvgIpc) is 3.09. The van der Waals surface area contributed by atoms with Gasteiger partial charge in [-0.15, -0.1) is 0 Å². The predicted octanol–water partition coefficient (Wildman–Crippen LogP) is 2.59. The van der Waals surface area contributed by atoms with Crippen LogP contribution in [0.1, 0.15) is 49.9 Å². The van der Waals surface area contributed by atoms with E-state index in [0.29, 0.717) is 17.3 Å². The third kappa shape index (κ3) is 3.13. The summed E-state index contributed by atoms with van der Waals surface area (Å²) in [5.41, 5.74) is 0.536. The minimum Gasteiger partial charge on any atom is -0.349 e. The molecule has 2 fully saturated rings. The van der Waals surface area contributed by atoms with Gasteiger partial charge in [-0.3, -0.25) is 9.59 Å². The summed E-state index contributed by atoms with van der Waals surface area (Å²) in [6.07, 6.45) is 6.82. The molecule has 2 aliphatic carbocycles. The van der Waals surface area contributed by atoms with Crippen molar-refractivity contribution in [1.29, 1.82) is 0 Å². The summed E-state index contributed by atoms with van der Waals surface area (Å²) in [6, 6.07) is 3.48. The van der Waals surface area contributed by atoms with Crippen LogP contribution >= 0.6 is 0 Å². The molecule has 3 rings (SSSR count). The second kappa shape index (κ2) is 6.07. The van der Waals surface area contributed by atoms with Crippen LogP contribution in [0.5, 0.6) is 0 Å². The molecule has 0 radical (unpaired) electrons. The van der Waals surface area contributed by atoms with Crippen LogP contribution < -0.4 is 10.6 Å². The van der Waals surface area contributed by atoms with Crippen molar-refractivity contribution in [2.75, 3.05) is 5.32 Å². The van der Waals surface area contributed by atoms with Crippen molar-refractivity contribution in [2.45, 2.75) is 45.6 Å². The lowest BCUT2D eigenvalue weighted by Crippen LogP contribution is -2.40. The molecular weight excluding hydrogens is 278 g/mol. The number of nitrogens with one attached hydrogen (secondary N) is 2. The van der Waals surface area contributed by atoms with Crippen molar-refractivity contribution >= 4 is 17.6 Å². The zero-order valence-corrected chi connectivity index (χ0v) is 13.1. The van der Waals surface area contributed by atoms with Gasteiger partial charge in [-0.25, -0.2) is 4.98 Å². The van der Waals surface area contributed by atoms with Crippen LogP contribution in [0.4, 0.5) is 5.82 Å². The van der Waals surface area contributed by atoms with E-state index in [1.165, 1.54) is 32.6 Å². The molecule has 5 heteroatoms. The number of pyridine rings is 1. The van der Waals surface area contributed by atoms with E-state index in [-0.39, 0.29) is 17.9 Å². The molecule has 0 spiro atoms. The van der Waals surface area contributed by atoms with Gasteiger partial charge in [0.2, 0.25) is 5.91 Å². The zero-order chi connectivity index (χ0) is 15.7. The highest BCUT2D eigenvalue weighted by Crippen LogP contribution is 2.49. The Labute approximate surface area is 130 Å². The molecule has 0 aliphatic heterocycles. The molecule has 2 saturated carbocycles. The Morgan fingerprint density at radius 2 is 2.14 bits per heavy atom. The number of hydrogen-bond acceptors (Lipinski definition) is 3. The lowest BCUT2D eigenvalue weighted by atomic mass is 9.84. The van der Waals surface area contributed by atoms with E-state index in [4.69, 9.17) is 0 Å². The molecule has 2 aliphatic rings. The van der Waals surface area contributed by atoms with E-state index in [0.717, 1.165) is 11.8 Å². The number of amides is 2. The van der Waals surface area contributed by atoms with E-state index in [1.54, 1.807) is 18.3 Å². The van der Waals surface area contributed by atoms with Crippen molar-refractivity contribution in [2.24, 2.45) is 17.8 Å². The topological polar surface area (TPSA) is 71.1 Å². The fraction of sp³-hybridized carbons (Fsp3) is 0.588. The number of rotatable bonds is 4. The maximum atomic E-state index is 12.4. The quantitative estimate of drug-likeness (QED) is 0.898. The summed E-state index contributed by atoms with van der Waals surface area (Å²) in [7, 11) is 0. The first-order valence-corrected chi connectivity index (χ1v) is 8.07. The summed E-state index contributed by atoms with van der Waals surface area (Å²) in [5.74, 6) is 2.39. The van der Waals surface area contributed by atoms with Gasteiger partial charge in [0.15, 0.2) is 0 Å². The van der Waals surface area contributed by atoms with Gasteiger partial charge in [-0.1, -0.05) is 6.42 Å². The highest BCUT2D eigenvalue weighted by molar-refractivity contribution is 5.96. The van der Waals surface area contributed by atoms with E-state index < -0.39 is 0 Å². The summed E-state index contributed by atoms with van der Waals surface area (Å²) in [4.78, 5) is 27.5. The van der Waals surface area contributed by atoms with Crippen molar-refractivity contribution in [3.63, 3.8) is 0 Å². The van der Waals surface area contributed by atoms with Gasteiger partial charge in [0.1, 0.15) is 5.82 Å². The Bertz CT molecular complexity index is 587. The molecule has 2 amide bonds. The maximum absolute atomic E-state index is 12.4. The van der Waals surface area contributed by atoms with Crippen molar-refractivity contribution in [3.05, 3.63) is 23.9 Å². The molecule has 1 aromatic rings. The SMILES string of the molecule is CC(=O)Nc1cc(C(=O)NC(C)C2CC3CCC2C3)ccn1. The number of carbonyl (C=O) groups is 2. The fourth-order valence-corrected chi connectivity index (χ4v) is 4.12. The first-order chi connectivity index (χ1) is 10.5. The zero-order valence-electron chi connectivity index (χ0n) is 13.1. The smallest absolute Gasteiger partial charge is 0.251 e. The van der Waals surface area contributed by atoms with Crippen LogP contribution in [-0.4, -0.2) is 22.8 Å². The third-order valence-electron chi connectivity index (χ3n) is 5.12. The standard InChI is InChI=1S/C17H23N3O2/c1-10(15-8-12-3-4-13(15)7-12)19-17(22)14-5-6-18-16(9-14)20-11(2)21/h5-6,9-10,12-13,15H,3-4,7-8H2,1-2H3,(H,19,22)(H,18,20,21). The average molecular weight is 301 g/mol. The van der Waals surface area contributed by atoms with Crippen LogP contribution in [0.15, 0.2) is 18.3 Å². The van der Waals surface area contributed by atoms with Crippen LogP contribution in [0.25, 0.3) is 0 Å². The Balaban J connectivity index is 1.63. The van der Waals surface area contributed by atoms with Gasteiger partial charge in [0.25, 0.3) is 5.91 Å². The molecule has 0 aromatic carbocycles. The van der Waals surface area contributed by atoms with E-state index in [9.17, 15) is 9.59 Å². The highest BCUT2D eigenvalue weighted by Gasteiger charge is 2.42. The van der Waals surface area contributed by atoms with Gasteiger partial charge in [-0.2, -0.15) is 0 Å². The number of carbonyl (C=O) groups excluding carboxylic acids is 2. The van der Waals surface area contributed by atoms with E-state index >= 15 is 0 Å². The minimum absolute atomic E-state index is 0.0933. The molecule has 1 aromatic heterocycles. The normalized spacial score (nSPS) is 27.5. The van der Waals surface area contributed by atoms with E-state index in [1.807, 2.05) is 0 Å². The lowest BCUT2D eigenvalue weighted by Gasteiger charge is -2.28. The van der Waals surface area contributed by atoms with Crippen LogP contribution in [0.2, 0.25) is 0 Å². The summed E-state index contributed by atoms with van der Waals surface area (Å²) >= 11 is 0. The molecule has 1 heterocycles. The lowest BCUT2D eigenvalue weighted by molar-refractivity contribution is -0.114. The van der Waals surface area contributed by atoms with Gasteiger partial charge in [0.05, 0.1) is 0 Å². The van der Waals surface area contributed by atoms with Gasteiger partial charge >= 0.3 is 0 Å². The molecule has 22 heavy (non-hydrogen) atoms. The minimum atomic E-state index is -0.194. The monoisotopic (exact) mass is 301 g/mol. The number of nitrogens with zero attached hydrogens (tertiary/aromatic N) is 1. The van der Waals surface area contributed by atoms with Gasteiger partial charge in [0, 0.05) is 24.7 Å². The largest absolute Gasteiger partial charge is 0.349 e. The molecule has 0 saturated heterocycles. The van der Waals surface area contributed by atoms with Crippen molar-refractivity contribution in [1.82, 2.24) is 10.3 Å². The molecule has 4 unspecified atom stereocenters. The van der Waals surface area contributed by atoms with Gasteiger partial charge in [-0.05, 0) is 56.1 Å². The number of fused-ring (bicyclic) bond motifs is 2. The number of hydrogen-bond donors (Lipinski definition) is 2.